The van der Waals surface area contributed by atoms with Gasteiger partial charge in [0.05, 0.1) is 12.8 Å². The van der Waals surface area contributed by atoms with Crippen molar-refractivity contribution in [3.05, 3.63) is 47.9 Å². The molecule has 0 aliphatic carbocycles. The maximum absolute atomic E-state index is 12.5. The van der Waals surface area contributed by atoms with Crippen LogP contribution in [0.2, 0.25) is 0 Å². The molecule has 0 unspecified atom stereocenters. The number of nitrogens with one attached hydrogen (secondary N) is 1. The summed E-state index contributed by atoms with van der Waals surface area (Å²) in [5.74, 6) is 0.504. The third kappa shape index (κ3) is 5.86. The number of hydrogen-bond acceptors (Lipinski definition) is 5. The van der Waals surface area contributed by atoms with Crippen LogP contribution in [0.25, 0.3) is 0 Å². The lowest BCUT2D eigenvalue weighted by atomic mass is 10.1. The van der Waals surface area contributed by atoms with E-state index in [4.69, 9.17) is 9.15 Å². The van der Waals surface area contributed by atoms with E-state index in [1.807, 2.05) is 43.3 Å². The molecule has 0 saturated carbocycles. The van der Waals surface area contributed by atoms with Crippen molar-refractivity contribution >= 4 is 23.2 Å². The van der Waals surface area contributed by atoms with Gasteiger partial charge in [-0.25, -0.2) is 0 Å². The van der Waals surface area contributed by atoms with Gasteiger partial charge in [0, 0.05) is 45.5 Å². The van der Waals surface area contributed by atoms with Crippen molar-refractivity contribution in [1.29, 1.82) is 0 Å². The molecule has 146 valence electrons. The Morgan fingerprint density at radius 1 is 1.19 bits per heavy atom. The molecule has 0 aliphatic rings. The maximum atomic E-state index is 12.5. The highest BCUT2D eigenvalue weighted by Gasteiger charge is 2.18. The van der Waals surface area contributed by atoms with Gasteiger partial charge in [0.25, 0.3) is 0 Å². The second-order valence-electron chi connectivity index (χ2n) is 6.40. The number of rotatable bonds is 9. The molecule has 0 atom stereocenters. The molecule has 7 heteroatoms. The van der Waals surface area contributed by atoms with Gasteiger partial charge in [-0.15, -0.1) is 0 Å². The lowest BCUT2D eigenvalue weighted by Gasteiger charge is -2.25. The summed E-state index contributed by atoms with van der Waals surface area (Å²) in [5.41, 5.74) is 2.60. The molecule has 0 aliphatic heterocycles. The molecule has 2 amide bonds. The predicted octanol–water partition coefficient (Wildman–Crippen LogP) is 2.87. The smallest absolute Gasteiger partial charge is 0.249 e. The molecule has 1 heterocycles. The van der Waals surface area contributed by atoms with Crippen molar-refractivity contribution in [3.63, 3.8) is 0 Å². The Morgan fingerprint density at radius 2 is 1.96 bits per heavy atom. The van der Waals surface area contributed by atoms with E-state index in [0.717, 1.165) is 11.3 Å². The fourth-order valence-corrected chi connectivity index (χ4v) is 2.72. The molecule has 1 aromatic heterocycles. The number of carbonyl (C=O) groups excluding carboxylic acids is 2. The molecular weight excluding hydrogens is 346 g/mol. The highest BCUT2D eigenvalue weighted by atomic mass is 16.5. The van der Waals surface area contributed by atoms with E-state index < -0.39 is 0 Å². The topological polar surface area (TPSA) is 75.0 Å². The largest absolute Gasteiger partial charge is 0.467 e. The molecule has 27 heavy (non-hydrogen) atoms. The summed E-state index contributed by atoms with van der Waals surface area (Å²) < 4.78 is 10.4. The number of methoxy groups -OCH3 is 1. The standard InChI is InChI=1S/C20H27N3O4/c1-5-19(24)21-16-8-9-18(22(2)3)15(11-16)12-23(20(25)14-26-4)13-17-7-6-10-27-17/h6-11H,5,12-14H2,1-4H3,(H,21,24). The van der Waals surface area contributed by atoms with Crippen LogP contribution >= 0.6 is 0 Å². The molecule has 0 bridgehead atoms. The zero-order valence-electron chi connectivity index (χ0n) is 16.3. The van der Waals surface area contributed by atoms with Crippen LogP contribution in [-0.4, -0.2) is 44.5 Å². The average Bonchev–Trinajstić information content (AvgIpc) is 3.14. The summed E-state index contributed by atoms with van der Waals surface area (Å²) in [7, 11) is 5.38. The minimum atomic E-state index is -0.137. The summed E-state index contributed by atoms with van der Waals surface area (Å²) in [4.78, 5) is 27.9. The number of amides is 2. The van der Waals surface area contributed by atoms with Crippen LogP contribution in [0.1, 0.15) is 24.7 Å². The number of anilines is 2. The molecule has 1 N–H and O–H groups in total. The average molecular weight is 373 g/mol. The van der Waals surface area contributed by atoms with Crippen LogP contribution in [0.4, 0.5) is 11.4 Å². The number of carbonyl (C=O) groups is 2. The van der Waals surface area contributed by atoms with Crippen LogP contribution in [0.5, 0.6) is 0 Å². The molecule has 0 radical (unpaired) electrons. The minimum Gasteiger partial charge on any atom is -0.467 e. The normalized spacial score (nSPS) is 10.5. The predicted molar refractivity (Wildman–Crippen MR) is 105 cm³/mol. The Balaban J connectivity index is 2.31. The monoisotopic (exact) mass is 373 g/mol. The van der Waals surface area contributed by atoms with Crippen LogP contribution in [0.3, 0.4) is 0 Å². The van der Waals surface area contributed by atoms with Gasteiger partial charge in [0.2, 0.25) is 11.8 Å². The van der Waals surface area contributed by atoms with Crippen LogP contribution in [0.15, 0.2) is 41.0 Å². The van der Waals surface area contributed by atoms with E-state index >= 15 is 0 Å². The van der Waals surface area contributed by atoms with E-state index in [2.05, 4.69) is 5.32 Å². The Labute approximate surface area is 159 Å². The molecule has 0 spiro atoms. The van der Waals surface area contributed by atoms with Crippen LogP contribution < -0.4 is 10.2 Å². The Bertz CT molecular complexity index is 757. The zero-order valence-corrected chi connectivity index (χ0v) is 16.3. The second-order valence-corrected chi connectivity index (χ2v) is 6.40. The van der Waals surface area contributed by atoms with E-state index in [1.165, 1.54) is 7.11 Å². The maximum Gasteiger partial charge on any atom is 0.249 e. The SMILES string of the molecule is CCC(=O)Nc1ccc(N(C)C)c(CN(Cc2ccco2)C(=O)COC)c1. The fourth-order valence-electron chi connectivity index (χ4n) is 2.72. The van der Waals surface area contributed by atoms with Crippen molar-refractivity contribution in [3.8, 4) is 0 Å². The van der Waals surface area contributed by atoms with Gasteiger partial charge >= 0.3 is 0 Å². The Morgan fingerprint density at radius 3 is 2.56 bits per heavy atom. The molecule has 2 aromatic rings. The highest BCUT2D eigenvalue weighted by Crippen LogP contribution is 2.25. The van der Waals surface area contributed by atoms with Crippen molar-refractivity contribution in [2.24, 2.45) is 0 Å². The van der Waals surface area contributed by atoms with E-state index in [0.29, 0.717) is 31.0 Å². The van der Waals surface area contributed by atoms with Gasteiger partial charge in [-0.05, 0) is 35.9 Å². The molecule has 0 saturated heterocycles. The van der Waals surface area contributed by atoms with Crippen molar-refractivity contribution in [1.82, 2.24) is 4.90 Å². The second kappa shape index (κ2) is 9.78. The minimum absolute atomic E-state index is 0.00966. The van der Waals surface area contributed by atoms with Gasteiger partial charge < -0.3 is 24.3 Å². The first-order valence-corrected chi connectivity index (χ1v) is 8.83. The van der Waals surface area contributed by atoms with E-state index in [-0.39, 0.29) is 18.4 Å². The van der Waals surface area contributed by atoms with Crippen molar-refractivity contribution < 1.29 is 18.7 Å². The number of hydrogen-bond donors (Lipinski definition) is 1. The lowest BCUT2D eigenvalue weighted by molar-refractivity contribution is -0.136. The van der Waals surface area contributed by atoms with Gasteiger partial charge in [-0.3, -0.25) is 9.59 Å². The van der Waals surface area contributed by atoms with Crippen LogP contribution in [0, 0.1) is 0 Å². The summed E-state index contributed by atoms with van der Waals surface area (Å²) in [5, 5.41) is 2.87. The summed E-state index contributed by atoms with van der Waals surface area (Å²) in [6.07, 6.45) is 1.99. The zero-order chi connectivity index (χ0) is 19.8. The first-order valence-electron chi connectivity index (χ1n) is 8.83. The number of ether oxygens (including phenoxy) is 1. The molecule has 0 fully saturated rings. The summed E-state index contributed by atoms with van der Waals surface area (Å²) >= 11 is 0. The Hall–Kier alpha value is -2.80. The third-order valence-corrected chi connectivity index (χ3v) is 4.07. The highest BCUT2D eigenvalue weighted by molar-refractivity contribution is 5.91. The van der Waals surface area contributed by atoms with Gasteiger partial charge in [-0.1, -0.05) is 6.92 Å². The van der Waals surface area contributed by atoms with Gasteiger partial charge in [0.1, 0.15) is 12.4 Å². The quantitative estimate of drug-likeness (QED) is 0.732. The lowest BCUT2D eigenvalue weighted by Crippen LogP contribution is -2.33. The van der Waals surface area contributed by atoms with Crippen molar-refractivity contribution in [2.75, 3.05) is 38.0 Å². The van der Waals surface area contributed by atoms with E-state index in [1.54, 1.807) is 24.2 Å². The molecule has 1 aromatic carbocycles. The molecular formula is C20H27N3O4. The van der Waals surface area contributed by atoms with Crippen molar-refractivity contribution in [2.45, 2.75) is 26.4 Å². The van der Waals surface area contributed by atoms with E-state index in [9.17, 15) is 9.59 Å². The first-order chi connectivity index (χ1) is 12.9. The number of furan rings is 1. The fraction of sp³-hybridized carbons (Fsp3) is 0.400. The summed E-state index contributed by atoms with van der Waals surface area (Å²) in [6.45, 7) is 2.50. The van der Waals surface area contributed by atoms with Gasteiger partial charge in [-0.2, -0.15) is 0 Å². The molecule has 7 nitrogen and oxygen atoms in total. The number of nitrogens with zero attached hydrogens (tertiary/aromatic N) is 2. The first kappa shape index (κ1) is 20.5. The third-order valence-electron chi connectivity index (χ3n) is 4.07. The number of benzene rings is 1. The Kier molecular flexibility index (Phi) is 7.43. The van der Waals surface area contributed by atoms with Crippen LogP contribution in [-0.2, 0) is 27.4 Å². The van der Waals surface area contributed by atoms with Gasteiger partial charge in [0.15, 0.2) is 0 Å². The molecule has 2 rings (SSSR count). The summed E-state index contributed by atoms with van der Waals surface area (Å²) in [6, 6.07) is 9.32.